The number of hydrogen-bond donors (Lipinski definition) is 1. The molecule has 1 aliphatic carbocycles. The second-order valence-electron chi connectivity index (χ2n) is 7.03. The van der Waals surface area contributed by atoms with E-state index in [0.717, 1.165) is 42.4 Å². The lowest BCUT2D eigenvalue weighted by atomic mass is 9.73. The quantitative estimate of drug-likeness (QED) is 0.702. The summed E-state index contributed by atoms with van der Waals surface area (Å²) in [5.74, 6) is -0.638. The molecule has 7 heteroatoms. The first-order chi connectivity index (χ1) is 13.9. The predicted octanol–water partition coefficient (Wildman–Crippen LogP) is 5.17. The van der Waals surface area contributed by atoms with Gasteiger partial charge in [-0.1, -0.05) is 49.2 Å². The molecule has 152 valence electrons. The van der Waals surface area contributed by atoms with Gasteiger partial charge in [0.25, 0.3) is 0 Å². The van der Waals surface area contributed by atoms with Crippen molar-refractivity contribution < 1.29 is 22.7 Å². The molecule has 2 aromatic rings. The summed E-state index contributed by atoms with van der Waals surface area (Å²) >= 11 is 0. The summed E-state index contributed by atoms with van der Waals surface area (Å²) in [6.45, 7) is -0.0234. The lowest BCUT2D eigenvalue weighted by Crippen LogP contribution is -2.36. The number of amides is 1. The van der Waals surface area contributed by atoms with Crippen LogP contribution in [0.3, 0.4) is 0 Å². The number of nitriles is 1. The van der Waals surface area contributed by atoms with Gasteiger partial charge >= 0.3 is 6.36 Å². The molecule has 0 spiro atoms. The van der Waals surface area contributed by atoms with Gasteiger partial charge in [-0.15, -0.1) is 13.2 Å². The maximum Gasteiger partial charge on any atom is 0.573 e. The van der Waals surface area contributed by atoms with Crippen molar-refractivity contribution in [3.63, 3.8) is 0 Å². The molecule has 1 fully saturated rings. The largest absolute Gasteiger partial charge is 0.573 e. The van der Waals surface area contributed by atoms with E-state index in [-0.39, 0.29) is 30.0 Å². The number of nitrogens with one attached hydrogen (secondary N) is 1. The Morgan fingerprint density at radius 2 is 1.79 bits per heavy atom. The van der Waals surface area contributed by atoms with E-state index in [1.54, 1.807) is 12.1 Å². The summed E-state index contributed by atoms with van der Waals surface area (Å²) < 4.78 is 41.1. The van der Waals surface area contributed by atoms with Crippen LogP contribution in [0.5, 0.6) is 5.75 Å². The van der Waals surface area contributed by atoms with Gasteiger partial charge in [-0.3, -0.25) is 4.79 Å². The number of benzene rings is 2. The summed E-state index contributed by atoms with van der Waals surface area (Å²) in [6.07, 6.45) is -1.19. The Morgan fingerprint density at radius 3 is 2.48 bits per heavy atom. The molecule has 1 amide bonds. The summed E-state index contributed by atoms with van der Waals surface area (Å²) in [5.41, 5.74) is 2.64. The van der Waals surface area contributed by atoms with E-state index in [1.165, 1.54) is 12.1 Å². The molecular weight excluding hydrogens is 381 g/mol. The van der Waals surface area contributed by atoms with Gasteiger partial charge in [0.2, 0.25) is 5.91 Å². The second kappa shape index (κ2) is 8.99. The van der Waals surface area contributed by atoms with E-state index in [0.29, 0.717) is 0 Å². The number of rotatable bonds is 5. The lowest BCUT2D eigenvalue weighted by molar-refractivity contribution is -0.274. The monoisotopic (exact) mass is 402 g/mol. The van der Waals surface area contributed by atoms with Gasteiger partial charge < -0.3 is 10.1 Å². The molecular formula is C22H21F3N2O2. The van der Waals surface area contributed by atoms with Crippen molar-refractivity contribution in [2.75, 3.05) is 6.54 Å². The van der Waals surface area contributed by atoms with Gasteiger partial charge in [0.05, 0.1) is 6.07 Å². The van der Waals surface area contributed by atoms with Crippen LogP contribution in [0, 0.1) is 17.2 Å². The van der Waals surface area contributed by atoms with E-state index >= 15 is 0 Å². The fourth-order valence-electron chi connectivity index (χ4n) is 3.99. The topological polar surface area (TPSA) is 62.1 Å². The van der Waals surface area contributed by atoms with Crippen molar-refractivity contribution in [2.24, 2.45) is 5.92 Å². The molecule has 0 bridgehead atoms. The Kier molecular flexibility index (Phi) is 6.42. The van der Waals surface area contributed by atoms with E-state index in [2.05, 4.69) is 10.1 Å². The average molecular weight is 402 g/mol. The standard InChI is InChI=1S/C22H21F3N2O2/c23-22(24,25)29-16-11-9-15(10-12-16)17-5-1-2-6-18(17)19-7-3-4-8-20(19)21(28)27-14-13-26/h1-2,5-6,9-12,19-20H,3-4,7-8,14H2,(H,27,28). The number of hydrogen-bond acceptors (Lipinski definition) is 3. The average Bonchev–Trinajstić information content (AvgIpc) is 2.71. The second-order valence-corrected chi connectivity index (χ2v) is 7.03. The highest BCUT2D eigenvalue weighted by molar-refractivity contribution is 5.81. The van der Waals surface area contributed by atoms with Crippen molar-refractivity contribution in [1.82, 2.24) is 5.32 Å². The van der Waals surface area contributed by atoms with Crippen molar-refractivity contribution in [2.45, 2.75) is 38.0 Å². The first kappa shape index (κ1) is 20.7. The SMILES string of the molecule is N#CCNC(=O)C1CCCCC1c1ccccc1-c1ccc(OC(F)(F)F)cc1. The normalized spacial score (nSPS) is 19.2. The van der Waals surface area contributed by atoms with Crippen LogP contribution < -0.4 is 10.1 Å². The maximum atomic E-state index is 12.6. The number of carbonyl (C=O) groups is 1. The van der Waals surface area contributed by atoms with Gasteiger partial charge in [0, 0.05) is 5.92 Å². The zero-order chi connectivity index (χ0) is 20.9. The zero-order valence-electron chi connectivity index (χ0n) is 15.7. The van der Waals surface area contributed by atoms with Crippen LogP contribution in [0.25, 0.3) is 11.1 Å². The molecule has 4 nitrogen and oxygen atoms in total. The van der Waals surface area contributed by atoms with Gasteiger partial charge in [-0.25, -0.2) is 0 Å². The Balaban J connectivity index is 1.89. The molecule has 3 rings (SSSR count). The molecule has 2 atom stereocenters. The lowest BCUT2D eigenvalue weighted by Gasteiger charge is -2.32. The van der Waals surface area contributed by atoms with E-state index in [9.17, 15) is 18.0 Å². The fourth-order valence-corrected chi connectivity index (χ4v) is 3.99. The molecule has 29 heavy (non-hydrogen) atoms. The van der Waals surface area contributed by atoms with Crippen LogP contribution in [0.4, 0.5) is 13.2 Å². The van der Waals surface area contributed by atoms with Gasteiger partial charge in [-0.05, 0) is 47.6 Å². The Morgan fingerprint density at radius 1 is 1.10 bits per heavy atom. The van der Waals surface area contributed by atoms with E-state index < -0.39 is 6.36 Å². The zero-order valence-corrected chi connectivity index (χ0v) is 15.7. The highest BCUT2D eigenvalue weighted by Crippen LogP contribution is 2.42. The minimum absolute atomic E-state index is 0.00950. The van der Waals surface area contributed by atoms with E-state index in [1.807, 2.05) is 30.3 Å². The van der Waals surface area contributed by atoms with Gasteiger partial charge in [-0.2, -0.15) is 5.26 Å². The van der Waals surface area contributed by atoms with Crippen molar-refractivity contribution in [3.05, 3.63) is 54.1 Å². The number of alkyl halides is 3. The molecule has 2 aromatic carbocycles. The molecule has 0 aliphatic heterocycles. The number of nitrogens with zero attached hydrogens (tertiary/aromatic N) is 1. The molecule has 1 saturated carbocycles. The number of carbonyl (C=O) groups excluding carboxylic acids is 1. The van der Waals surface area contributed by atoms with Crippen molar-refractivity contribution in [3.8, 4) is 22.9 Å². The third kappa shape index (κ3) is 5.29. The minimum Gasteiger partial charge on any atom is -0.406 e. The van der Waals surface area contributed by atoms with E-state index in [4.69, 9.17) is 5.26 Å². The first-order valence-corrected chi connectivity index (χ1v) is 9.49. The molecule has 0 saturated heterocycles. The van der Waals surface area contributed by atoms with Crippen LogP contribution in [0.2, 0.25) is 0 Å². The summed E-state index contributed by atoms with van der Waals surface area (Å²) in [6, 6.07) is 15.3. The number of ether oxygens (including phenoxy) is 1. The van der Waals surface area contributed by atoms with Gasteiger partial charge in [0.15, 0.2) is 0 Å². The summed E-state index contributed by atoms with van der Waals surface area (Å²) in [4.78, 5) is 12.6. The Labute approximate surface area is 167 Å². The van der Waals surface area contributed by atoms with Crippen LogP contribution in [-0.2, 0) is 4.79 Å². The highest BCUT2D eigenvalue weighted by Gasteiger charge is 2.33. The van der Waals surface area contributed by atoms with Crippen molar-refractivity contribution in [1.29, 1.82) is 5.26 Å². The Hall–Kier alpha value is -3.01. The maximum absolute atomic E-state index is 12.6. The first-order valence-electron chi connectivity index (χ1n) is 9.49. The third-order valence-corrected chi connectivity index (χ3v) is 5.20. The summed E-state index contributed by atoms with van der Waals surface area (Å²) in [5, 5.41) is 11.4. The van der Waals surface area contributed by atoms with Crippen LogP contribution in [-0.4, -0.2) is 18.8 Å². The molecule has 0 radical (unpaired) electrons. The minimum atomic E-state index is -4.73. The number of halogens is 3. The van der Waals surface area contributed by atoms with Crippen LogP contribution in [0.1, 0.15) is 37.2 Å². The fraction of sp³-hybridized carbons (Fsp3) is 0.364. The Bertz CT molecular complexity index is 888. The highest BCUT2D eigenvalue weighted by atomic mass is 19.4. The van der Waals surface area contributed by atoms with Crippen LogP contribution in [0.15, 0.2) is 48.5 Å². The molecule has 0 aromatic heterocycles. The molecule has 0 heterocycles. The molecule has 1 aliphatic rings. The van der Waals surface area contributed by atoms with Gasteiger partial charge in [0.1, 0.15) is 12.3 Å². The van der Waals surface area contributed by atoms with Crippen LogP contribution >= 0.6 is 0 Å². The smallest absolute Gasteiger partial charge is 0.406 e. The van der Waals surface area contributed by atoms with Crippen molar-refractivity contribution >= 4 is 5.91 Å². The predicted molar refractivity (Wildman–Crippen MR) is 102 cm³/mol. The molecule has 1 N–H and O–H groups in total. The third-order valence-electron chi connectivity index (χ3n) is 5.20. The summed E-state index contributed by atoms with van der Waals surface area (Å²) in [7, 11) is 0. The molecule has 2 unspecified atom stereocenters.